The van der Waals surface area contributed by atoms with Gasteiger partial charge >= 0.3 is 0 Å². The number of quaternary nitrogens is 1. The molecule has 0 bridgehead atoms. The minimum Gasteiger partial charge on any atom is -0.360 e. The SMILES string of the molecule is C[NH3+].Fc1c(F)c(F)c([B-](c2c(F)c(F)c(F)c(F)c2F)(c2c(F)c(F)c(F)c(F)c2F)c2c(F)c(F)c(F)c(F)c2F)c(F)c1F. The summed E-state index contributed by atoms with van der Waals surface area (Å²) >= 11 is 0. The Bertz CT molecular complexity index is 1580. The van der Waals surface area contributed by atoms with Crippen LogP contribution in [0.1, 0.15) is 0 Å². The molecule has 0 amide bonds. The highest BCUT2D eigenvalue weighted by molar-refractivity contribution is 7.20. The van der Waals surface area contributed by atoms with Crippen LogP contribution in [-0.2, 0) is 0 Å². The van der Waals surface area contributed by atoms with Crippen molar-refractivity contribution in [2.75, 3.05) is 7.05 Å². The molecule has 0 radical (unpaired) electrons. The van der Waals surface area contributed by atoms with Crippen molar-refractivity contribution in [1.29, 1.82) is 0 Å². The zero-order valence-corrected chi connectivity index (χ0v) is 21.8. The Labute approximate surface area is 245 Å². The second-order valence-corrected chi connectivity index (χ2v) is 8.80. The summed E-state index contributed by atoms with van der Waals surface area (Å²) in [4.78, 5) is 0. The van der Waals surface area contributed by atoms with Crippen LogP contribution in [0.2, 0.25) is 0 Å². The molecule has 3 N–H and O–H groups in total. The van der Waals surface area contributed by atoms with Crippen molar-refractivity contribution in [2.45, 2.75) is 0 Å². The van der Waals surface area contributed by atoms with Gasteiger partial charge in [0.1, 0.15) is 52.7 Å². The predicted molar refractivity (Wildman–Crippen MR) is 118 cm³/mol. The van der Waals surface area contributed by atoms with E-state index in [9.17, 15) is 52.7 Å². The summed E-state index contributed by atoms with van der Waals surface area (Å²) in [6.45, 7) is 0. The summed E-state index contributed by atoms with van der Waals surface area (Å²) < 4.78 is 294. The third kappa shape index (κ3) is 4.86. The highest BCUT2D eigenvalue weighted by Gasteiger charge is 2.52. The van der Waals surface area contributed by atoms with Crippen LogP contribution in [0, 0.1) is 116 Å². The highest BCUT2D eigenvalue weighted by Crippen LogP contribution is 2.30. The van der Waals surface area contributed by atoms with Gasteiger partial charge in [-0.1, -0.05) is 0 Å². The maximum atomic E-state index is 15.4. The van der Waals surface area contributed by atoms with Gasteiger partial charge in [0.2, 0.25) is 0 Å². The van der Waals surface area contributed by atoms with Crippen molar-refractivity contribution in [3.63, 3.8) is 0 Å². The van der Waals surface area contributed by atoms with E-state index in [1.807, 2.05) is 0 Å². The monoisotopic (exact) mass is 711 g/mol. The zero-order valence-electron chi connectivity index (χ0n) is 21.8. The lowest BCUT2D eigenvalue weighted by molar-refractivity contribution is -0.325. The highest BCUT2D eigenvalue weighted by atomic mass is 19.2. The molecule has 0 spiro atoms. The Morgan fingerprint density at radius 3 is 0.404 bits per heavy atom. The maximum Gasteiger partial charge on any atom is 0.200 e. The fraction of sp³-hybridized carbons (Fsp3) is 0.0400. The maximum absolute atomic E-state index is 15.4. The quantitative estimate of drug-likeness (QED) is 0.138. The Kier molecular flexibility index (Phi) is 9.91. The Hall–Kier alpha value is -4.50. The van der Waals surface area contributed by atoms with E-state index >= 15 is 35.1 Å². The first-order chi connectivity index (χ1) is 21.7. The molecule has 0 aliphatic rings. The van der Waals surface area contributed by atoms with Gasteiger partial charge in [-0.25, -0.2) is 87.8 Å². The summed E-state index contributed by atoms with van der Waals surface area (Å²) in [6, 6.07) is 0. The largest absolute Gasteiger partial charge is 0.360 e. The number of hydrogen-bond acceptors (Lipinski definition) is 0. The molecule has 0 heterocycles. The number of benzene rings is 4. The van der Waals surface area contributed by atoms with Crippen molar-refractivity contribution >= 4 is 28.0 Å². The molecule has 4 rings (SSSR count). The van der Waals surface area contributed by atoms with E-state index in [1.54, 1.807) is 7.05 Å². The van der Waals surface area contributed by atoms with Crippen LogP contribution in [0.5, 0.6) is 0 Å². The molecule has 22 heteroatoms. The third-order valence-electron chi connectivity index (χ3n) is 6.71. The second kappa shape index (κ2) is 12.6. The molecule has 0 atom stereocenters. The standard InChI is InChI=1S/C24BF20.CH5N/c26-5-1(6(27)14(35)21(42)13(5)34)25(2-7(28)15(36)22(43)16(37)8(2)29,3-9(30)17(38)23(44)18(39)10(3)31)4-11(32)19(40)24(45)20(41)12(4)33;1-2/h;2H2,1H3/q-1;/p+1. The molecule has 0 saturated carbocycles. The molecule has 254 valence electrons. The van der Waals surface area contributed by atoms with Crippen LogP contribution in [-0.4, -0.2) is 13.2 Å². The van der Waals surface area contributed by atoms with Crippen LogP contribution in [0.3, 0.4) is 0 Å². The molecule has 1 nitrogen and oxygen atoms in total. The number of halogens is 20. The van der Waals surface area contributed by atoms with Crippen LogP contribution < -0.4 is 27.6 Å². The molecular formula is C25H6BF20N. The van der Waals surface area contributed by atoms with Gasteiger partial charge in [0.15, 0.2) is 69.8 Å². The fourth-order valence-electron chi connectivity index (χ4n) is 4.87. The molecule has 0 aliphatic heterocycles. The third-order valence-corrected chi connectivity index (χ3v) is 6.71. The summed E-state index contributed by atoms with van der Waals surface area (Å²) in [5, 5.41) is 0. The average Bonchev–Trinajstić information content (AvgIpc) is 3.05. The topological polar surface area (TPSA) is 27.6 Å². The molecule has 4 aromatic carbocycles. The molecular weight excluding hydrogens is 705 g/mol. The van der Waals surface area contributed by atoms with Gasteiger partial charge in [0.25, 0.3) is 0 Å². The van der Waals surface area contributed by atoms with Crippen LogP contribution >= 0.6 is 0 Å². The Morgan fingerprint density at radius 2 is 0.298 bits per heavy atom. The lowest BCUT2D eigenvalue weighted by Gasteiger charge is -2.44. The number of hydrogen-bond donors (Lipinski definition) is 1. The van der Waals surface area contributed by atoms with E-state index in [0.29, 0.717) is 0 Å². The van der Waals surface area contributed by atoms with E-state index in [0.717, 1.165) is 0 Å². The van der Waals surface area contributed by atoms with Crippen molar-refractivity contribution < 1.29 is 93.5 Å². The van der Waals surface area contributed by atoms with Crippen molar-refractivity contribution in [3.05, 3.63) is 116 Å². The normalized spacial score (nSPS) is 11.6. The van der Waals surface area contributed by atoms with Gasteiger partial charge < -0.3 is 5.73 Å². The summed E-state index contributed by atoms with van der Waals surface area (Å²) in [5.74, 6) is -71.4. The first-order valence-electron chi connectivity index (χ1n) is 11.6. The van der Waals surface area contributed by atoms with Crippen LogP contribution in [0.25, 0.3) is 0 Å². The minimum atomic E-state index is -7.22. The van der Waals surface area contributed by atoms with E-state index in [4.69, 9.17) is 0 Å². The van der Waals surface area contributed by atoms with Crippen molar-refractivity contribution in [3.8, 4) is 0 Å². The first-order valence-corrected chi connectivity index (χ1v) is 11.6. The lowest BCUT2D eigenvalue weighted by atomic mass is 9.12. The van der Waals surface area contributed by atoms with Crippen molar-refractivity contribution in [1.82, 2.24) is 0 Å². The smallest absolute Gasteiger partial charge is 0.200 e. The van der Waals surface area contributed by atoms with E-state index < -0.39 is 144 Å². The lowest BCUT2D eigenvalue weighted by Crippen LogP contribution is -2.81. The van der Waals surface area contributed by atoms with E-state index in [-0.39, 0.29) is 0 Å². The first kappa shape index (κ1) is 37.0. The molecule has 0 unspecified atom stereocenters. The van der Waals surface area contributed by atoms with Gasteiger partial charge in [-0.15, -0.1) is 21.9 Å². The Morgan fingerprint density at radius 1 is 0.213 bits per heavy atom. The van der Waals surface area contributed by atoms with Gasteiger partial charge in [0, 0.05) is 0 Å². The summed E-state index contributed by atoms with van der Waals surface area (Å²) in [6.07, 6.45) is -7.22. The summed E-state index contributed by atoms with van der Waals surface area (Å²) in [5.41, 5.74) is -11.1. The van der Waals surface area contributed by atoms with Crippen LogP contribution in [0.4, 0.5) is 87.8 Å². The molecule has 0 saturated heterocycles. The molecule has 47 heavy (non-hydrogen) atoms. The van der Waals surface area contributed by atoms with E-state index in [1.165, 1.54) is 0 Å². The molecule has 0 aromatic heterocycles. The zero-order chi connectivity index (χ0) is 36.4. The number of rotatable bonds is 4. The fourth-order valence-corrected chi connectivity index (χ4v) is 4.87. The minimum absolute atomic E-state index is 1.75. The molecule has 4 aromatic rings. The van der Waals surface area contributed by atoms with Crippen molar-refractivity contribution in [2.24, 2.45) is 0 Å². The van der Waals surface area contributed by atoms with Crippen LogP contribution in [0.15, 0.2) is 0 Å². The van der Waals surface area contributed by atoms with Gasteiger partial charge in [0.05, 0.1) is 7.05 Å². The van der Waals surface area contributed by atoms with Gasteiger partial charge in [-0.2, -0.15) is 0 Å². The molecule has 0 aliphatic carbocycles. The second-order valence-electron chi connectivity index (χ2n) is 8.80. The van der Waals surface area contributed by atoms with Gasteiger partial charge in [-0.3, -0.25) is 0 Å². The Balaban J connectivity index is 0.00000294. The van der Waals surface area contributed by atoms with Gasteiger partial charge in [-0.05, 0) is 0 Å². The average molecular weight is 711 g/mol. The molecule has 0 fully saturated rings. The summed E-state index contributed by atoms with van der Waals surface area (Å²) in [7, 11) is 1.75. The predicted octanol–water partition coefficient (Wildman–Crippen LogP) is 4.70. The van der Waals surface area contributed by atoms with E-state index in [2.05, 4.69) is 5.73 Å².